The van der Waals surface area contributed by atoms with Crippen LogP contribution in [0.2, 0.25) is 0 Å². The number of carbonyl (C=O) groups excluding carboxylic acids is 1. The van der Waals surface area contributed by atoms with Gasteiger partial charge in [0.1, 0.15) is 11.5 Å². The molecule has 0 bridgehead atoms. The highest BCUT2D eigenvalue weighted by molar-refractivity contribution is 5.96. The molecule has 0 fully saturated rings. The van der Waals surface area contributed by atoms with E-state index >= 15 is 0 Å². The van der Waals surface area contributed by atoms with Gasteiger partial charge in [-0.3, -0.25) is 9.48 Å². The van der Waals surface area contributed by atoms with Crippen molar-refractivity contribution in [1.29, 1.82) is 0 Å². The molecule has 1 aromatic heterocycles. The first-order valence-corrected chi connectivity index (χ1v) is 6.34. The molecule has 0 saturated heterocycles. The van der Waals surface area contributed by atoms with E-state index in [1.807, 2.05) is 20.8 Å². The van der Waals surface area contributed by atoms with Crippen LogP contribution in [0.1, 0.15) is 34.2 Å². The number of benzene rings is 1. The van der Waals surface area contributed by atoms with Crippen molar-refractivity contribution >= 4 is 5.78 Å². The number of rotatable bonds is 4. The Morgan fingerprint density at radius 2 is 2.05 bits per heavy atom. The third-order valence-electron chi connectivity index (χ3n) is 3.14. The van der Waals surface area contributed by atoms with E-state index in [1.54, 1.807) is 16.8 Å². The maximum atomic E-state index is 13.0. The standard InChI is InChI=1S/C15H17FN2O/c1-4-18-14(8-11(3)17-18)15(19)9-12-5-6-13(16)7-10(12)2/h5-8H,4,9H2,1-3H3. The molecule has 0 amide bonds. The van der Waals surface area contributed by atoms with Crippen molar-refractivity contribution in [3.63, 3.8) is 0 Å². The van der Waals surface area contributed by atoms with Gasteiger partial charge >= 0.3 is 0 Å². The Kier molecular flexibility index (Phi) is 3.79. The van der Waals surface area contributed by atoms with Crippen LogP contribution in [0.4, 0.5) is 4.39 Å². The Hall–Kier alpha value is -1.97. The van der Waals surface area contributed by atoms with E-state index in [4.69, 9.17) is 0 Å². The zero-order valence-electron chi connectivity index (χ0n) is 11.4. The number of hydrogen-bond acceptors (Lipinski definition) is 2. The van der Waals surface area contributed by atoms with Crippen molar-refractivity contribution in [3.8, 4) is 0 Å². The largest absolute Gasteiger partial charge is 0.292 e. The Morgan fingerprint density at radius 3 is 2.68 bits per heavy atom. The van der Waals surface area contributed by atoms with Gasteiger partial charge in [0.2, 0.25) is 0 Å². The normalized spacial score (nSPS) is 10.7. The Balaban J connectivity index is 2.25. The lowest BCUT2D eigenvalue weighted by Crippen LogP contribution is -2.12. The molecular weight excluding hydrogens is 243 g/mol. The lowest BCUT2D eigenvalue weighted by molar-refractivity contribution is 0.0982. The second kappa shape index (κ2) is 5.34. The first-order chi connectivity index (χ1) is 9.01. The minimum Gasteiger partial charge on any atom is -0.292 e. The van der Waals surface area contributed by atoms with Gasteiger partial charge in [0.05, 0.1) is 5.69 Å². The summed E-state index contributed by atoms with van der Waals surface area (Å²) in [6.07, 6.45) is 0.275. The minimum atomic E-state index is -0.275. The van der Waals surface area contributed by atoms with Gasteiger partial charge in [-0.1, -0.05) is 6.07 Å². The van der Waals surface area contributed by atoms with E-state index in [1.165, 1.54) is 12.1 Å². The minimum absolute atomic E-state index is 0.0113. The average Bonchev–Trinajstić information content (AvgIpc) is 2.74. The first kappa shape index (κ1) is 13.5. The van der Waals surface area contributed by atoms with Crippen molar-refractivity contribution in [1.82, 2.24) is 9.78 Å². The number of nitrogens with zero attached hydrogens (tertiary/aromatic N) is 2. The van der Waals surface area contributed by atoms with Gasteiger partial charge in [-0.2, -0.15) is 5.10 Å². The first-order valence-electron chi connectivity index (χ1n) is 6.34. The van der Waals surface area contributed by atoms with Crippen LogP contribution in [0, 0.1) is 19.7 Å². The van der Waals surface area contributed by atoms with E-state index in [0.29, 0.717) is 12.2 Å². The van der Waals surface area contributed by atoms with Crippen LogP contribution >= 0.6 is 0 Å². The lowest BCUT2D eigenvalue weighted by atomic mass is 10.0. The summed E-state index contributed by atoms with van der Waals surface area (Å²) in [4.78, 5) is 12.3. The van der Waals surface area contributed by atoms with Crippen molar-refractivity contribution < 1.29 is 9.18 Å². The molecule has 3 nitrogen and oxygen atoms in total. The average molecular weight is 260 g/mol. The summed E-state index contributed by atoms with van der Waals surface area (Å²) in [6.45, 7) is 6.30. The third-order valence-corrected chi connectivity index (χ3v) is 3.14. The summed E-state index contributed by atoms with van der Waals surface area (Å²) in [6, 6.07) is 6.30. The summed E-state index contributed by atoms with van der Waals surface area (Å²) in [5.41, 5.74) is 3.10. The maximum Gasteiger partial charge on any atom is 0.185 e. The molecule has 2 aromatic rings. The van der Waals surface area contributed by atoms with Crippen LogP contribution < -0.4 is 0 Å². The molecule has 0 unspecified atom stereocenters. The van der Waals surface area contributed by atoms with Crippen molar-refractivity contribution in [2.45, 2.75) is 33.7 Å². The van der Waals surface area contributed by atoms with Crippen LogP contribution in [-0.2, 0) is 13.0 Å². The van der Waals surface area contributed by atoms with E-state index in [9.17, 15) is 9.18 Å². The lowest BCUT2D eigenvalue weighted by Gasteiger charge is -2.06. The molecule has 1 aromatic carbocycles. The Bertz CT molecular complexity index is 617. The van der Waals surface area contributed by atoms with Gasteiger partial charge in [0.25, 0.3) is 0 Å². The summed E-state index contributed by atoms with van der Waals surface area (Å²) in [5.74, 6) is -0.264. The molecule has 1 heterocycles. The smallest absolute Gasteiger partial charge is 0.185 e. The zero-order valence-corrected chi connectivity index (χ0v) is 11.4. The molecule has 0 radical (unpaired) electrons. The van der Waals surface area contributed by atoms with E-state index in [2.05, 4.69) is 5.10 Å². The zero-order chi connectivity index (χ0) is 14.0. The van der Waals surface area contributed by atoms with Crippen LogP contribution in [0.25, 0.3) is 0 Å². The van der Waals surface area contributed by atoms with Crippen LogP contribution in [0.5, 0.6) is 0 Å². The highest BCUT2D eigenvalue weighted by Crippen LogP contribution is 2.14. The molecule has 0 aliphatic carbocycles. The van der Waals surface area contributed by atoms with Gasteiger partial charge in [-0.15, -0.1) is 0 Å². The molecule has 0 atom stereocenters. The highest BCUT2D eigenvalue weighted by Gasteiger charge is 2.14. The molecule has 19 heavy (non-hydrogen) atoms. The predicted molar refractivity (Wildman–Crippen MR) is 71.8 cm³/mol. The number of aromatic nitrogens is 2. The molecule has 0 saturated carbocycles. The molecule has 0 aliphatic heterocycles. The second-order valence-electron chi connectivity index (χ2n) is 4.66. The molecule has 2 rings (SSSR count). The van der Waals surface area contributed by atoms with Crippen molar-refractivity contribution in [2.24, 2.45) is 0 Å². The van der Waals surface area contributed by atoms with Gasteiger partial charge in [0, 0.05) is 13.0 Å². The fourth-order valence-corrected chi connectivity index (χ4v) is 2.13. The second-order valence-corrected chi connectivity index (χ2v) is 4.66. The number of hydrogen-bond donors (Lipinski definition) is 0. The monoisotopic (exact) mass is 260 g/mol. The van der Waals surface area contributed by atoms with Crippen LogP contribution in [-0.4, -0.2) is 15.6 Å². The molecule has 0 aliphatic rings. The SMILES string of the molecule is CCn1nc(C)cc1C(=O)Cc1ccc(F)cc1C. The number of Topliss-reactive ketones (excluding diaryl/α,β-unsaturated/α-hetero) is 1. The fraction of sp³-hybridized carbons (Fsp3) is 0.333. The van der Waals surface area contributed by atoms with Gasteiger partial charge in [-0.25, -0.2) is 4.39 Å². The third kappa shape index (κ3) is 2.89. The number of ketones is 1. The highest BCUT2D eigenvalue weighted by atomic mass is 19.1. The van der Waals surface area contributed by atoms with E-state index in [-0.39, 0.29) is 18.0 Å². The van der Waals surface area contributed by atoms with Gasteiger partial charge < -0.3 is 0 Å². The molecule has 0 N–H and O–H groups in total. The molecule has 4 heteroatoms. The van der Waals surface area contributed by atoms with Crippen LogP contribution in [0.15, 0.2) is 24.3 Å². The number of carbonyl (C=O) groups is 1. The molecule has 100 valence electrons. The van der Waals surface area contributed by atoms with Crippen molar-refractivity contribution in [3.05, 3.63) is 52.6 Å². The molecule has 0 spiro atoms. The van der Waals surface area contributed by atoms with Gasteiger partial charge in [-0.05, 0) is 50.1 Å². The van der Waals surface area contributed by atoms with E-state index in [0.717, 1.165) is 16.8 Å². The summed E-state index contributed by atoms with van der Waals surface area (Å²) in [7, 11) is 0. The maximum absolute atomic E-state index is 13.0. The summed E-state index contributed by atoms with van der Waals surface area (Å²) >= 11 is 0. The summed E-state index contributed by atoms with van der Waals surface area (Å²) < 4.78 is 14.7. The molecular formula is C15H17FN2O. The summed E-state index contributed by atoms with van der Waals surface area (Å²) in [5, 5.41) is 4.26. The predicted octanol–water partition coefficient (Wildman–Crippen LogP) is 3.08. The Morgan fingerprint density at radius 1 is 1.32 bits per heavy atom. The van der Waals surface area contributed by atoms with Crippen LogP contribution in [0.3, 0.4) is 0 Å². The fourth-order valence-electron chi connectivity index (χ4n) is 2.13. The Labute approximate surface area is 112 Å². The van der Waals surface area contributed by atoms with Gasteiger partial charge in [0.15, 0.2) is 5.78 Å². The van der Waals surface area contributed by atoms with E-state index < -0.39 is 0 Å². The quantitative estimate of drug-likeness (QED) is 0.792. The number of halogens is 1. The topological polar surface area (TPSA) is 34.9 Å². The van der Waals surface area contributed by atoms with Crippen molar-refractivity contribution in [2.75, 3.05) is 0 Å². The number of aryl methyl sites for hydroxylation is 3.